The molecule has 0 aliphatic rings. The fraction of sp³-hybridized carbons (Fsp3) is 0. The van der Waals surface area contributed by atoms with Crippen molar-refractivity contribution in [1.29, 1.82) is 0 Å². The summed E-state index contributed by atoms with van der Waals surface area (Å²) in [5, 5.41) is 5.51. The minimum absolute atomic E-state index is 0.620. The maximum atomic E-state index is 5.57. The van der Waals surface area contributed by atoms with Crippen molar-refractivity contribution in [2.75, 3.05) is 0 Å². The molecule has 0 unspecified atom stereocenters. The van der Waals surface area contributed by atoms with Crippen LogP contribution in [0.2, 0.25) is 0 Å². The lowest BCUT2D eigenvalue weighted by Gasteiger charge is -2.14. The molecule has 0 fully saturated rings. The van der Waals surface area contributed by atoms with E-state index in [1.807, 2.05) is 66.7 Å². The van der Waals surface area contributed by atoms with Crippen molar-refractivity contribution in [3.63, 3.8) is 0 Å². The van der Waals surface area contributed by atoms with E-state index in [9.17, 15) is 0 Å². The molecule has 0 aliphatic heterocycles. The highest BCUT2D eigenvalue weighted by molar-refractivity contribution is 6.18. The van der Waals surface area contributed by atoms with Gasteiger partial charge in [-0.1, -0.05) is 188 Å². The van der Waals surface area contributed by atoms with Gasteiger partial charge in [0.15, 0.2) is 17.5 Å². The Kier molecular flexibility index (Phi) is 8.71. The minimum atomic E-state index is 0.620. The average molecular weight is 805 g/mol. The van der Waals surface area contributed by atoms with Gasteiger partial charge in [-0.15, -0.1) is 0 Å². The molecule has 8 aromatic carbocycles. The van der Waals surface area contributed by atoms with E-state index in [1.54, 1.807) is 0 Å². The summed E-state index contributed by atoms with van der Waals surface area (Å²) < 4.78 is 2.27. The first-order valence-corrected chi connectivity index (χ1v) is 21.1. The maximum absolute atomic E-state index is 5.57. The second kappa shape index (κ2) is 15.1. The van der Waals surface area contributed by atoms with E-state index >= 15 is 0 Å². The van der Waals surface area contributed by atoms with E-state index in [-0.39, 0.29) is 0 Å². The Morgan fingerprint density at radius 1 is 0.302 bits per heavy atom. The van der Waals surface area contributed by atoms with E-state index in [2.05, 4.69) is 156 Å². The number of fused-ring (bicyclic) bond motifs is 6. The van der Waals surface area contributed by atoms with Crippen LogP contribution in [0, 0.1) is 0 Å². The average Bonchev–Trinajstić information content (AvgIpc) is 3.77. The van der Waals surface area contributed by atoms with Crippen LogP contribution in [0.1, 0.15) is 0 Å². The Morgan fingerprint density at radius 2 is 0.794 bits per heavy atom. The molecule has 0 bridgehead atoms. The van der Waals surface area contributed by atoms with E-state index in [0.717, 1.165) is 88.9 Å². The van der Waals surface area contributed by atoms with Crippen LogP contribution in [0.25, 0.3) is 117 Å². The van der Waals surface area contributed by atoms with Crippen molar-refractivity contribution in [2.45, 2.75) is 0 Å². The Morgan fingerprint density at radius 3 is 1.41 bits per heavy atom. The molecule has 0 aliphatic carbocycles. The highest BCUT2D eigenvalue weighted by atomic mass is 15.0. The normalized spacial score (nSPS) is 11.5. The van der Waals surface area contributed by atoms with Gasteiger partial charge in [-0.05, 0) is 46.2 Å². The predicted octanol–water partition coefficient (Wildman–Crippen LogP) is 14.0. The number of aromatic nitrogens is 6. The van der Waals surface area contributed by atoms with Gasteiger partial charge >= 0.3 is 0 Å². The smallest absolute Gasteiger partial charge is 0.164 e. The summed E-state index contributed by atoms with van der Waals surface area (Å²) in [6.45, 7) is 0. The SMILES string of the molecule is c1ccc(-c2nc(-c3ccccc3)nc(-c3ccc(-c4ccc5nc(-c6ccccc6)c6ccn7c(-c8ccc9ccccc9c8)c(-c8ccccc8)nc7c6c5c4)cc3)n2)cc1. The van der Waals surface area contributed by atoms with Crippen LogP contribution in [-0.4, -0.2) is 29.3 Å². The van der Waals surface area contributed by atoms with E-state index < -0.39 is 0 Å². The molecule has 0 amide bonds. The number of benzene rings is 8. The molecule has 0 atom stereocenters. The first kappa shape index (κ1) is 36.3. The lowest BCUT2D eigenvalue weighted by molar-refractivity contribution is 1.07. The molecule has 12 aromatic rings. The van der Waals surface area contributed by atoms with Crippen molar-refractivity contribution >= 4 is 38.1 Å². The summed E-state index contributed by atoms with van der Waals surface area (Å²) in [6, 6.07) is 73.6. The van der Waals surface area contributed by atoms with Gasteiger partial charge in [0.05, 0.1) is 22.6 Å². The molecule has 4 aromatic heterocycles. The molecule has 0 N–H and O–H groups in total. The molecule has 294 valence electrons. The zero-order valence-corrected chi connectivity index (χ0v) is 34.0. The molecule has 0 saturated carbocycles. The number of hydrogen-bond acceptors (Lipinski definition) is 5. The molecule has 4 heterocycles. The van der Waals surface area contributed by atoms with Gasteiger partial charge in [0.25, 0.3) is 0 Å². The molecule has 6 heteroatoms. The maximum Gasteiger partial charge on any atom is 0.164 e. The Balaban J connectivity index is 1.05. The van der Waals surface area contributed by atoms with E-state index in [0.29, 0.717) is 17.5 Å². The standard InChI is InChI=1S/C57H36N6/c1-5-16-39(17-6-1)51-47-33-34-63-53(46-30-27-37-15-13-14-24-44(37)35-46)52(40-18-7-2-8-19-40)59-57(63)50(47)48-36-45(31-32-49(48)58-51)38-25-28-43(29-26-38)56-61-54(41-20-9-3-10-21-41)60-55(62-56)42-22-11-4-12-23-42/h1-36H. The molecule has 12 rings (SSSR count). The zero-order chi connectivity index (χ0) is 41.7. The van der Waals surface area contributed by atoms with Crippen molar-refractivity contribution in [3.05, 3.63) is 219 Å². The third-order valence-corrected chi connectivity index (χ3v) is 11.8. The Bertz CT molecular complexity index is 3590. The quantitative estimate of drug-likeness (QED) is 0.150. The van der Waals surface area contributed by atoms with Crippen molar-refractivity contribution in [1.82, 2.24) is 29.3 Å². The first-order chi connectivity index (χ1) is 31.2. The highest BCUT2D eigenvalue weighted by Crippen LogP contribution is 2.41. The summed E-state index contributed by atoms with van der Waals surface area (Å²) in [5.74, 6) is 1.89. The predicted molar refractivity (Wildman–Crippen MR) is 257 cm³/mol. The third-order valence-electron chi connectivity index (χ3n) is 11.8. The van der Waals surface area contributed by atoms with Crippen molar-refractivity contribution < 1.29 is 0 Å². The van der Waals surface area contributed by atoms with Gasteiger partial charge in [-0.3, -0.25) is 4.40 Å². The fourth-order valence-corrected chi connectivity index (χ4v) is 8.74. The van der Waals surface area contributed by atoms with Crippen LogP contribution < -0.4 is 0 Å². The van der Waals surface area contributed by atoms with Gasteiger partial charge in [0.2, 0.25) is 0 Å². The second-order valence-electron chi connectivity index (χ2n) is 15.7. The molecule has 63 heavy (non-hydrogen) atoms. The van der Waals surface area contributed by atoms with E-state index in [4.69, 9.17) is 24.9 Å². The second-order valence-corrected chi connectivity index (χ2v) is 15.7. The van der Waals surface area contributed by atoms with E-state index in [1.165, 1.54) is 10.8 Å². The van der Waals surface area contributed by atoms with Gasteiger partial charge in [-0.25, -0.2) is 24.9 Å². The van der Waals surface area contributed by atoms with Gasteiger partial charge in [0.1, 0.15) is 5.65 Å². The summed E-state index contributed by atoms with van der Waals surface area (Å²) in [6.07, 6.45) is 2.16. The minimum Gasteiger partial charge on any atom is -0.298 e. The summed E-state index contributed by atoms with van der Waals surface area (Å²) in [7, 11) is 0. The van der Waals surface area contributed by atoms with Crippen LogP contribution >= 0.6 is 0 Å². The summed E-state index contributed by atoms with van der Waals surface area (Å²) in [5.41, 5.74) is 12.8. The van der Waals surface area contributed by atoms with Crippen LogP contribution in [-0.2, 0) is 0 Å². The van der Waals surface area contributed by atoms with Crippen LogP contribution in [0.15, 0.2) is 219 Å². The summed E-state index contributed by atoms with van der Waals surface area (Å²) in [4.78, 5) is 25.7. The molecular formula is C57H36N6. The van der Waals surface area contributed by atoms with Crippen LogP contribution in [0.4, 0.5) is 0 Å². The third kappa shape index (κ3) is 6.49. The largest absolute Gasteiger partial charge is 0.298 e. The number of nitrogens with zero attached hydrogens (tertiary/aromatic N) is 6. The van der Waals surface area contributed by atoms with Crippen molar-refractivity contribution in [3.8, 4) is 79.1 Å². The topological polar surface area (TPSA) is 68.9 Å². The molecule has 6 nitrogen and oxygen atoms in total. The van der Waals surface area contributed by atoms with Crippen LogP contribution in [0.3, 0.4) is 0 Å². The Labute approximate surface area is 363 Å². The zero-order valence-electron chi connectivity index (χ0n) is 34.0. The number of pyridine rings is 2. The lowest BCUT2D eigenvalue weighted by Crippen LogP contribution is -2.00. The number of hydrogen-bond donors (Lipinski definition) is 0. The first-order valence-electron chi connectivity index (χ1n) is 21.1. The Hall–Kier alpha value is -8.61. The van der Waals surface area contributed by atoms with Gasteiger partial charge in [0, 0.05) is 55.7 Å². The number of imidazole rings is 1. The molecule has 0 spiro atoms. The summed E-state index contributed by atoms with van der Waals surface area (Å²) >= 11 is 0. The fourth-order valence-electron chi connectivity index (χ4n) is 8.74. The van der Waals surface area contributed by atoms with Gasteiger partial charge < -0.3 is 0 Å². The van der Waals surface area contributed by atoms with Crippen LogP contribution in [0.5, 0.6) is 0 Å². The molecule has 0 radical (unpaired) electrons. The lowest BCUT2D eigenvalue weighted by atomic mass is 9.97. The highest BCUT2D eigenvalue weighted by Gasteiger charge is 2.22. The monoisotopic (exact) mass is 804 g/mol. The van der Waals surface area contributed by atoms with Crippen molar-refractivity contribution in [2.24, 2.45) is 0 Å². The number of rotatable bonds is 7. The molecule has 0 saturated heterocycles. The van der Waals surface area contributed by atoms with Gasteiger partial charge in [-0.2, -0.15) is 0 Å². The molecular weight excluding hydrogens is 769 g/mol.